The highest BCUT2D eigenvalue weighted by Gasteiger charge is 2.26. The summed E-state index contributed by atoms with van der Waals surface area (Å²) in [5, 5.41) is 4.07. The van der Waals surface area contributed by atoms with Crippen LogP contribution in [-0.2, 0) is 20.7 Å². The normalized spacial score (nSPS) is 14.2. The molecule has 0 spiro atoms. The molecule has 0 atom stereocenters. The van der Waals surface area contributed by atoms with E-state index in [0.29, 0.717) is 23.7 Å². The average Bonchev–Trinajstić information content (AvgIpc) is 2.83. The van der Waals surface area contributed by atoms with Gasteiger partial charge in [-0.15, -0.1) is 0 Å². The maximum atomic E-state index is 13.2. The van der Waals surface area contributed by atoms with Gasteiger partial charge in [-0.25, -0.2) is 9.78 Å². The van der Waals surface area contributed by atoms with E-state index in [1.54, 1.807) is 7.11 Å². The number of hydrogen-bond donors (Lipinski definition) is 1. The molecule has 2 aromatic carbocycles. The summed E-state index contributed by atoms with van der Waals surface area (Å²) in [6.45, 7) is 0.408. The van der Waals surface area contributed by atoms with Crippen LogP contribution in [0.25, 0.3) is 22.6 Å². The Bertz CT molecular complexity index is 1200. The summed E-state index contributed by atoms with van der Waals surface area (Å²) in [5.41, 5.74) is 4.97. The summed E-state index contributed by atoms with van der Waals surface area (Å²) >= 11 is 6.02. The standard InChI is InChI=1S/C26H25ClN2O4/c1-32-14-13-28-23(30)16-33-26(31)24-20-6-2-3-8-22(20)29-25-18(5-4-7-21(24)25)15-17-9-11-19(27)12-10-17/h2-3,6,8-12,15H,4-5,7,13-14,16H2,1H3,(H,28,30)/b18-15-. The number of hydrogen-bond acceptors (Lipinski definition) is 5. The molecule has 6 nitrogen and oxygen atoms in total. The molecule has 170 valence electrons. The van der Waals surface area contributed by atoms with Crippen LogP contribution in [0.1, 0.15) is 40.0 Å². The number of allylic oxidation sites excluding steroid dienone is 1. The highest BCUT2D eigenvalue weighted by atomic mass is 35.5. The van der Waals surface area contributed by atoms with E-state index in [2.05, 4.69) is 11.4 Å². The summed E-state index contributed by atoms with van der Waals surface area (Å²) in [7, 11) is 1.56. The van der Waals surface area contributed by atoms with Gasteiger partial charge in [0.2, 0.25) is 0 Å². The van der Waals surface area contributed by atoms with E-state index in [1.165, 1.54) is 0 Å². The lowest BCUT2D eigenvalue weighted by molar-refractivity contribution is -0.124. The topological polar surface area (TPSA) is 77.5 Å². The van der Waals surface area contributed by atoms with E-state index in [4.69, 9.17) is 26.1 Å². The van der Waals surface area contributed by atoms with Crippen LogP contribution in [-0.4, -0.2) is 43.7 Å². The quantitative estimate of drug-likeness (QED) is 0.405. The van der Waals surface area contributed by atoms with Crippen LogP contribution in [0.5, 0.6) is 0 Å². The van der Waals surface area contributed by atoms with Gasteiger partial charge in [0.15, 0.2) is 6.61 Å². The zero-order valence-corrected chi connectivity index (χ0v) is 19.2. The number of pyridine rings is 1. The van der Waals surface area contributed by atoms with Crippen molar-refractivity contribution < 1.29 is 19.1 Å². The number of ether oxygens (including phenoxy) is 2. The third-order valence-corrected chi connectivity index (χ3v) is 5.80. The fourth-order valence-corrected chi connectivity index (χ4v) is 4.14. The Morgan fingerprint density at radius 2 is 1.91 bits per heavy atom. The molecule has 1 aliphatic rings. The second kappa shape index (κ2) is 10.6. The van der Waals surface area contributed by atoms with E-state index in [9.17, 15) is 9.59 Å². The maximum absolute atomic E-state index is 13.2. The van der Waals surface area contributed by atoms with Crippen molar-refractivity contribution in [3.05, 3.63) is 75.9 Å². The molecule has 1 aliphatic carbocycles. The van der Waals surface area contributed by atoms with Crippen molar-refractivity contribution in [1.82, 2.24) is 10.3 Å². The van der Waals surface area contributed by atoms with Crippen molar-refractivity contribution in [2.24, 2.45) is 0 Å². The Kier molecular flexibility index (Phi) is 7.37. The smallest absolute Gasteiger partial charge is 0.339 e. The Balaban J connectivity index is 1.69. The summed E-state index contributed by atoms with van der Waals surface area (Å²) in [5.74, 6) is -0.879. The third-order valence-electron chi connectivity index (χ3n) is 5.55. The molecule has 1 amide bonds. The number of nitrogens with one attached hydrogen (secondary N) is 1. The van der Waals surface area contributed by atoms with Gasteiger partial charge in [0.05, 0.1) is 23.4 Å². The zero-order valence-electron chi connectivity index (χ0n) is 18.4. The van der Waals surface area contributed by atoms with Crippen molar-refractivity contribution in [1.29, 1.82) is 0 Å². The Hall–Kier alpha value is -3.22. The highest BCUT2D eigenvalue weighted by Crippen LogP contribution is 2.36. The minimum Gasteiger partial charge on any atom is -0.452 e. The first-order chi connectivity index (χ1) is 16.1. The lowest BCUT2D eigenvalue weighted by atomic mass is 9.86. The number of para-hydroxylation sites is 1. The van der Waals surface area contributed by atoms with Crippen molar-refractivity contribution in [2.75, 3.05) is 26.9 Å². The van der Waals surface area contributed by atoms with Crippen LogP contribution in [0.15, 0.2) is 48.5 Å². The van der Waals surface area contributed by atoms with Gasteiger partial charge in [-0.05, 0) is 60.2 Å². The monoisotopic (exact) mass is 464 g/mol. The van der Waals surface area contributed by atoms with Crippen LogP contribution in [0.3, 0.4) is 0 Å². The van der Waals surface area contributed by atoms with Gasteiger partial charge >= 0.3 is 5.97 Å². The first-order valence-electron chi connectivity index (χ1n) is 10.9. The number of carbonyl (C=O) groups excluding carboxylic acids is 2. The highest BCUT2D eigenvalue weighted by molar-refractivity contribution is 6.30. The van der Waals surface area contributed by atoms with Gasteiger partial charge in [0.25, 0.3) is 5.91 Å². The first-order valence-corrected chi connectivity index (χ1v) is 11.3. The molecule has 1 N–H and O–H groups in total. The van der Waals surface area contributed by atoms with Crippen molar-refractivity contribution in [3.63, 3.8) is 0 Å². The summed E-state index contributed by atoms with van der Waals surface area (Å²) in [4.78, 5) is 30.1. The fourth-order valence-electron chi connectivity index (χ4n) is 4.02. The van der Waals surface area contributed by atoms with Gasteiger partial charge in [0.1, 0.15) is 0 Å². The van der Waals surface area contributed by atoms with Crippen molar-refractivity contribution >= 4 is 46.0 Å². The number of aromatic nitrogens is 1. The van der Waals surface area contributed by atoms with Crippen LogP contribution in [0.2, 0.25) is 5.02 Å². The van der Waals surface area contributed by atoms with Gasteiger partial charge in [-0.2, -0.15) is 0 Å². The molecule has 0 saturated carbocycles. The lowest BCUT2D eigenvalue weighted by Crippen LogP contribution is -2.31. The lowest BCUT2D eigenvalue weighted by Gasteiger charge is -2.22. The number of esters is 1. The molecule has 0 aliphatic heterocycles. The predicted octanol–water partition coefficient (Wildman–Crippen LogP) is 4.68. The number of amides is 1. The molecule has 33 heavy (non-hydrogen) atoms. The number of nitrogens with zero attached hydrogens (tertiary/aromatic N) is 1. The Labute approximate surface area is 197 Å². The molecule has 3 aromatic rings. The molecule has 0 bridgehead atoms. The van der Waals surface area contributed by atoms with E-state index in [-0.39, 0.29) is 12.5 Å². The minimum atomic E-state index is -0.514. The summed E-state index contributed by atoms with van der Waals surface area (Å²) < 4.78 is 10.3. The number of fused-ring (bicyclic) bond motifs is 2. The molecule has 0 fully saturated rings. The SMILES string of the molecule is COCCNC(=O)COC(=O)c1c2c(nc3ccccc13)/C(=C\c1ccc(Cl)cc1)CCC2. The third kappa shape index (κ3) is 5.41. The van der Waals surface area contributed by atoms with Crippen molar-refractivity contribution in [2.45, 2.75) is 19.3 Å². The Morgan fingerprint density at radius 3 is 2.70 bits per heavy atom. The summed E-state index contributed by atoms with van der Waals surface area (Å²) in [6.07, 6.45) is 4.56. The van der Waals surface area contributed by atoms with Crippen LogP contribution >= 0.6 is 11.6 Å². The number of halogens is 1. The maximum Gasteiger partial charge on any atom is 0.339 e. The zero-order chi connectivity index (χ0) is 23.2. The van der Waals surface area contributed by atoms with Gasteiger partial charge < -0.3 is 14.8 Å². The summed E-state index contributed by atoms with van der Waals surface area (Å²) in [6, 6.07) is 15.2. The molecule has 0 saturated heterocycles. The molecule has 1 heterocycles. The molecule has 0 radical (unpaired) electrons. The van der Waals surface area contributed by atoms with E-state index < -0.39 is 5.97 Å². The predicted molar refractivity (Wildman–Crippen MR) is 129 cm³/mol. The number of benzene rings is 2. The largest absolute Gasteiger partial charge is 0.452 e. The van der Waals surface area contributed by atoms with E-state index >= 15 is 0 Å². The van der Waals surface area contributed by atoms with E-state index in [1.807, 2.05) is 48.5 Å². The number of rotatable bonds is 7. The van der Waals surface area contributed by atoms with Gasteiger partial charge in [0, 0.05) is 24.1 Å². The molecular weight excluding hydrogens is 440 g/mol. The molecule has 4 rings (SSSR count). The molecular formula is C26H25ClN2O4. The number of methoxy groups -OCH3 is 1. The number of carbonyl (C=O) groups is 2. The minimum absolute atomic E-state index is 0.346. The molecule has 7 heteroatoms. The average molecular weight is 465 g/mol. The molecule has 0 unspecified atom stereocenters. The fraction of sp³-hybridized carbons (Fsp3) is 0.269. The Morgan fingerprint density at radius 1 is 1.12 bits per heavy atom. The van der Waals surface area contributed by atoms with E-state index in [0.717, 1.165) is 52.6 Å². The van der Waals surface area contributed by atoms with Crippen LogP contribution in [0, 0.1) is 0 Å². The van der Waals surface area contributed by atoms with Crippen molar-refractivity contribution in [3.8, 4) is 0 Å². The van der Waals surface area contributed by atoms with Crippen LogP contribution < -0.4 is 5.32 Å². The van der Waals surface area contributed by atoms with Gasteiger partial charge in [-0.3, -0.25) is 4.79 Å². The van der Waals surface area contributed by atoms with Crippen LogP contribution in [0.4, 0.5) is 0 Å². The second-order valence-corrected chi connectivity index (χ2v) is 8.26. The second-order valence-electron chi connectivity index (χ2n) is 7.82. The van der Waals surface area contributed by atoms with Gasteiger partial charge in [-0.1, -0.05) is 41.9 Å². The molecule has 1 aromatic heterocycles. The first kappa shape index (κ1) is 23.0.